The number of imidazole rings is 1. The molecule has 1 aliphatic heterocycles. The molecule has 0 amide bonds. The Morgan fingerprint density at radius 3 is 3.00 bits per heavy atom. The van der Waals surface area contributed by atoms with Crippen molar-refractivity contribution in [1.82, 2.24) is 9.55 Å². The fourth-order valence-corrected chi connectivity index (χ4v) is 1.64. The monoisotopic (exact) mass is 205 g/mol. The number of aryl methyl sites for hydroxylation is 1. The first kappa shape index (κ1) is 9.87. The van der Waals surface area contributed by atoms with Gasteiger partial charge in [-0.25, -0.2) is 4.98 Å². The summed E-state index contributed by atoms with van der Waals surface area (Å²) in [5, 5.41) is 8.94. The van der Waals surface area contributed by atoms with Crippen LogP contribution < -0.4 is 0 Å². The fraction of sp³-hybridized carbons (Fsp3) is 0.500. The standard InChI is InChI=1S/C10H11N3O2/c1-7-9(4-11)13(10(6-14)12-7)5-8-2-3-15-8/h6,8H,2-3,5H2,1H3. The maximum absolute atomic E-state index is 10.8. The van der Waals surface area contributed by atoms with E-state index < -0.39 is 0 Å². The molecule has 1 atom stereocenters. The third-order valence-corrected chi connectivity index (χ3v) is 2.56. The Morgan fingerprint density at radius 2 is 2.53 bits per heavy atom. The van der Waals surface area contributed by atoms with Gasteiger partial charge in [-0.2, -0.15) is 5.26 Å². The highest BCUT2D eigenvalue weighted by Gasteiger charge is 2.22. The minimum absolute atomic E-state index is 0.115. The minimum atomic E-state index is 0.115. The van der Waals surface area contributed by atoms with Crippen LogP contribution in [0.2, 0.25) is 0 Å². The summed E-state index contributed by atoms with van der Waals surface area (Å²) in [5.41, 5.74) is 1.05. The number of nitrogens with zero attached hydrogens (tertiary/aromatic N) is 3. The van der Waals surface area contributed by atoms with Crippen LogP contribution in [0.1, 0.15) is 28.4 Å². The molecule has 5 nitrogen and oxygen atoms in total. The molecule has 0 saturated carbocycles. The predicted molar refractivity (Wildman–Crippen MR) is 51.4 cm³/mol. The molecule has 0 bridgehead atoms. The lowest BCUT2D eigenvalue weighted by Crippen LogP contribution is -2.32. The zero-order valence-electron chi connectivity index (χ0n) is 8.43. The van der Waals surface area contributed by atoms with Gasteiger partial charge in [-0.05, 0) is 13.3 Å². The molecular formula is C10H11N3O2. The van der Waals surface area contributed by atoms with Crippen LogP contribution in [0.3, 0.4) is 0 Å². The topological polar surface area (TPSA) is 67.9 Å². The molecule has 15 heavy (non-hydrogen) atoms. The van der Waals surface area contributed by atoms with E-state index in [1.165, 1.54) is 0 Å². The number of hydrogen-bond acceptors (Lipinski definition) is 4. The predicted octanol–water partition coefficient (Wildman–Crippen LogP) is 0.665. The van der Waals surface area contributed by atoms with E-state index in [1.807, 2.05) is 0 Å². The SMILES string of the molecule is Cc1nc(C=O)n(CC2CCO2)c1C#N. The zero-order chi connectivity index (χ0) is 10.8. The molecule has 78 valence electrons. The lowest BCUT2D eigenvalue weighted by atomic mass is 10.2. The van der Waals surface area contributed by atoms with Crippen LogP contribution >= 0.6 is 0 Å². The number of carbonyl (C=O) groups excluding carboxylic acids is 1. The van der Waals surface area contributed by atoms with E-state index in [-0.39, 0.29) is 6.10 Å². The average molecular weight is 205 g/mol. The van der Waals surface area contributed by atoms with Crippen molar-refractivity contribution in [2.45, 2.75) is 26.0 Å². The van der Waals surface area contributed by atoms with E-state index in [2.05, 4.69) is 11.1 Å². The molecule has 5 heteroatoms. The first-order valence-electron chi connectivity index (χ1n) is 4.80. The molecule has 1 aromatic heterocycles. The van der Waals surface area contributed by atoms with Crippen LogP contribution in [0.15, 0.2) is 0 Å². The van der Waals surface area contributed by atoms with Gasteiger partial charge >= 0.3 is 0 Å². The second-order valence-corrected chi connectivity index (χ2v) is 3.53. The fourth-order valence-electron chi connectivity index (χ4n) is 1.64. The van der Waals surface area contributed by atoms with Gasteiger partial charge in [0, 0.05) is 6.61 Å². The summed E-state index contributed by atoms with van der Waals surface area (Å²) < 4.78 is 6.90. The van der Waals surface area contributed by atoms with E-state index in [1.54, 1.807) is 11.5 Å². The molecule has 0 spiro atoms. The molecule has 0 radical (unpaired) electrons. The highest BCUT2D eigenvalue weighted by Crippen LogP contribution is 2.17. The van der Waals surface area contributed by atoms with Gasteiger partial charge in [0.2, 0.25) is 0 Å². The summed E-state index contributed by atoms with van der Waals surface area (Å²) in [6.45, 7) is 3.03. The number of aromatic nitrogens is 2. The molecule has 0 N–H and O–H groups in total. The lowest BCUT2D eigenvalue weighted by molar-refractivity contribution is -0.0594. The highest BCUT2D eigenvalue weighted by molar-refractivity contribution is 5.70. The van der Waals surface area contributed by atoms with Crippen molar-refractivity contribution < 1.29 is 9.53 Å². The summed E-state index contributed by atoms with van der Waals surface area (Å²) in [4.78, 5) is 14.8. The third-order valence-electron chi connectivity index (χ3n) is 2.56. The van der Waals surface area contributed by atoms with Crippen molar-refractivity contribution >= 4 is 6.29 Å². The molecule has 2 rings (SSSR count). The van der Waals surface area contributed by atoms with E-state index >= 15 is 0 Å². The molecule has 2 heterocycles. The van der Waals surface area contributed by atoms with E-state index in [9.17, 15) is 4.79 Å². The van der Waals surface area contributed by atoms with Crippen molar-refractivity contribution in [2.24, 2.45) is 0 Å². The Labute approximate surface area is 87.3 Å². The maximum Gasteiger partial charge on any atom is 0.185 e. The largest absolute Gasteiger partial charge is 0.376 e. The van der Waals surface area contributed by atoms with Gasteiger partial charge in [0.1, 0.15) is 11.8 Å². The first-order chi connectivity index (χ1) is 7.26. The van der Waals surface area contributed by atoms with Gasteiger partial charge in [0.25, 0.3) is 0 Å². The van der Waals surface area contributed by atoms with Crippen molar-refractivity contribution in [3.63, 3.8) is 0 Å². The van der Waals surface area contributed by atoms with Crippen LogP contribution in [-0.2, 0) is 11.3 Å². The van der Waals surface area contributed by atoms with Gasteiger partial charge in [-0.15, -0.1) is 0 Å². The molecule has 1 saturated heterocycles. The number of ether oxygens (including phenoxy) is 1. The maximum atomic E-state index is 10.8. The van der Waals surface area contributed by atoms with Gasteiger partial charge in [-0.1, -0.05) is 0 Å². The van der Waals surface area contributed by atoms with Crippen molar-refractivity contribution in [1.29, 1.82) is 5.26 Å². The molecule has 1 fully saturated rings. The number of nitriles is 1. The van der Waals surface area contributed by atoms with Gasteiger partial charge in [-0.3, -0.25) is 4.79 Å². The summed E-state index contributed by atoms with van der Waals surface area (Å²) in [6.07, 6.45) is 1.76. The quantitative estimate of drug-likeness (QED) is 0.680. The van der Waals surface area contributed by atoms with Crippen molar-refractivity contribution in [2.75, 3.05) is 6.61 Å². The Morgan fingerprint density at radius 1 is 1.80 bits per heavy atom. The Hall–Kier alpha value is -1.67. The third kappa shape index (κ3) is 1.64. The number of rotatable bonds is 3. The van der Waals surface area contributed by atoms with Crippen LogP contribution in [0, 0.1) is 18.3 Å². The highest BCUT2D eigenvalue weighted by atomic mass is 16.5. The van der Waals surface area contributed by atoms with Crippen molar-refractivity contribution in [3.05, 3.63) is 17.2 Å². The van der Waals surface area contributed by atoms with E-state index in [0.29, 0.717) is 30.0 Å². The van der Waals surface area contributed by atoms with Crippen molar-refractivity contribution in [3.8, 4) is 6.07 Å². The van der Waals surface area contributed by atoms with Gasteiger partial charge in [0.15, 0.2) is 12.1 Å². The normalized spacial score (nSPS) is 19.3. The molecular weight excluding hydrogens is 194 g/mol. The second kappa shape index (κ2) is 3.83. The molecule has 1 aromatic rings. The molecule has 0 aliphatic carbocycles. The summed E-state index contributed by atoms with van der Waals surface area (Å²) in [6, 6.07) is 2.06. The number of hydrogen-bond donors (Lipinski definition) is 0. The van der Waals surface area contributed by atoms with Gasteiger partial charge < -0.3 is 9.30 Å². The smallest absolute Gasteiger partial charge is 0.185 e. The number of aldehydes is 1. The van der Waals surface area contributed by atoms with Crippen LogP contribution in [0.25, 0.3) is 0 Å². The molecule has 1 aliphatic rings. The van der Waals surface area contributed by atoms with Crippen LogP contribution in [0.5, 0.6) is 0 Å². The molecule has 0 aromatic carbocycles. The summed E-state index contributed by atoms with van der Waals surface area (Å²) in [5.74, 6) is 0.305. The van der Waals surface area contributed by atoms with Gasteiger partial charge in [0.05, 0.1) is 18.3 Å². The average Bonchev–Trinajstić information content (AvgIpc) is 2.47. The van der Waals surface area contributed by atoms with Crippen LogP contribution in [-0.4, -0.2) is 28.5 Å². The Kier molecular flexibility index (Phi) is 2.52. The zero-order valence-corrected chi connectivity index (χ0v) is 8.43. The summed E-state index contributed by atoms with van der Waals surface area (Å²) >= 11 is 0. The van der Waals surface area contributed by atoms with Crippen LogP contribution in [0.4, 0.5) is 0 Å². The molecule has 1 unspecified atom stereocenters. The summed E-state index contributed by atoms with van der Waals surface area (Å²) in [7, 11) is 0. The second-order valence-electron chi connectivity index (χ2n) is 3.53. The van der Waals surface area contributed by atoms with E-state index in [4.69, 9.17) is 10.00 Å². The first-order valence-corrected chi connectivity index (χ1v) is 4.80. The Bertz CT molecular complexity index is 427. The number of carbonyl (C=O) groups is 1. The lowest BCUT2D eigenvalue weighted by Gasteiger charge is -2.27. The minimum Gasteiger partial charge on any atom is -0.376 e. The van der Waals surface area contributed by atoms with E-state index in [0.717, 1.165) is 13.0 Å². The Balaban J connectivity index is 2.33.